The number of anilines is 1. The number of aryl methyl sites for hydroxylation is 1. The Labute approximate surface area is 134 Å². The molecular formula is C14H11BrClN5. The molecule has 3 rings (SSSR count). The molecule has 21 heavy (non-hydrogen) atoms. The molecule has 5 nitrogen and oxygen atoms in total. The molecular weight excluding hydrogens is 354 g/mol. The highest BCUT2D eigenvalue weighted by Crippen LogP contribution is 2.31. The molecule has 2 N–H and O–H groups in total. The maximum atomic E-state index is 6.30. The van der Waals surface area contributed by atoms with Crippen molar-refractivity contribution in [3.05, 3.63) is 51.5 Å². The number of nitrogens with two attached hydrogens (primary N) is 1. The van der Waals surface area contributed by atoms with Crippen LogP contribution in [-0.2, 0) is 0 Å². The summed E-state index contributed by atoms with van der Waals surface area (Å²) >= 11 is 9.79. The van der Waals surface area contributed by atoms with Crippen LogP contribution >= 0.6 is 27.5 Å². The highest BCUT2D eigenvalue weighted by atomic mass is 79.9. The summed E-state index contributed by atoms with van der Waals surface area (Å²) in [6.07, 6.45) is 0. The molecule has 0 bridgehead atoms. The molecule has 1 aromatic heterocycles. The SMILES string of the molecule is Cc1ccc(-n2nnnc2-c2cc(N)ccc2Br)c(Cl)c1. The predicted molar refractivity (Wildman–Crippen MR) is 86.4 cm³/mol. The van der Waals surface area contributed by atoms with Crippen LogP contribution < -0.4 is 5.73 Å². The van der Waals surface area contributed by atoms with Crippen LogP contribution in [0.4, 0.5) is 5.69 Å². The minimum atomic E-state index is 0.569. The Kier molecular flexibility index (Phi) is 3.65. The van der Waals surface area contributed by atoms with E-state index in [-0.39, 0.29) is 0 Å². The average molecular weight is 365 g/mol. The lowest BCUT2D eigenvalue weighted by Gasteiger charge is -2.09. The number of nitrogen functional groups attached to an aromatic ring is 1. The number of aromatic nitrogens is 4. The highest BCUT2D eigenvalue weighted by Gasteiger charge is 2.16. The molecule has 2 aromatic carbocycles. The van der Waals surface area contributed by atoms with E-state index in [4.69, 9.17) is 17.3 Å². The molecule has 3 aromatic rings. The smallest absolute Gasteiger partial charge is 0.188 e. The Balaban J connectivity index is 2.19. The summed E-state index contributed by atoms with van der Waals surface area (Å²) in [5, 5.41) is 12.5. The van der Waals surface area contributed by atoms with Gasteiger partial charge >= 0.3 is 0 Å². The van der Waals surface area contributed by atoms with Gasteiger partial charge in [-0.3, -0.25) is 0 Å². The summed E-state index contributed by atoms with van der Waals surface area (Å²) in [6, 6.07) is 11.2. The quantitative estimate of drug-likeness (QED) is 0.705. The van der Waals surface area contributed by atoms with Crippen molar-refractivity contribution in [2.75, 3.05) is 5.73 Å². The summed E-state index contributed by atoms with van der Waals surface area (Å²) in [5.74, 6) is 0.569. The van der Waals surface area contributed by atoms with Crippen LogP contribution in [0.2, 0.25) is 5.02 Å². The van der Waals surface area contributed by atoms with Crippen LogP contribution in [0.1, 0.15) is 5.56 Å². The first-order valence-corrected chi connectivity index (χ1v) is 7.33. The molecule has 0 atom stereocenters. The number of halogens is 2. The minimum Gasteiger partial charge on any atom is -0.399 e. The summed E-state index contributed by atoms with van der Waals surface area (Å²) in [7, 11) is 0. The second-order valence-corrected chi connectivity index (χ2v) is 5.87. The standard InChI is InChI=1S/C14H11BrClN5/c1-8-2-5-13(12(16)6-8)21-14(18-19-20-21)10-7-9(17)3-4-11(10)15/h2-7H,17H2,1H3. The maximum Gasteiger partial charge on any atom is 0.188 e. The minimum absolute atomic E-state index is 0.569. The van der Waals surface area contributed by atoms with Crippen molar-refractivity contribution in [2.24, 2.45) is 0 Å². The summed E-state index contributed by atoms with van der Waals surface area (Å²) in [5.41, 5.74) is 9.08. The number of tetrazole rings is 1. The molecule has 0 saturated heterocycles. The van der Waals surface area contributed by atoms with Crippen LogP contribution in [0.3, 0.4) is 0 Å². The molecule has 0 fully saturated rings. The Morgan fingerprint density at radius 3 is 2.76 bits per heavy atom. The third kappa shape index (κ3) is 2.64. The summed E-state index contributed by atoms with van der Waals surface area (Å²) in [6.45, 7) is 1.98. The van der Waals surface area contributed by atoms with Gasteiger partial charge < -0.3 is 5.73 Å². The van der Waals surface area contributed by atoms with Gasteiger partial charge in [-0.15, -0.1) is 5.10 Å². The van der Waals surface area contributed by atoms with Crippen molar-refractivity contribution >= 4 is 33.2 Å². The topological polar surface area (TPSA) is 69.6 Å². The number of rotatable bonds is 2. The highest BCUT2D eigenvalue weighted by molar-refractivity contribution is 9.10. The molecule has 0 saturated carbocycles. The Morgan fingerprint density at radius 2 is 2.00 bits per heavy atom. The average Bonchev–Trinajstić information content (AvgIpc) is 2.90. The van der Waals surface area contributed by atoms with Crippen molar-refractivity contribution in [3.63, 3.8) is 0 Å². The summed E-state index contributed by atoms with van der Waals surface area (Å²) < 4.78 is 2.46. The fraction of sp³-hybridized carbons (Fsp3) is 0.0714. The number of nitrogens with zero attached hydrogens (tertiary/aromatic N) is 4. The van der Waals surface area contributed by atoms with E-state index in [9.17, 15) is 0 Å². The van der Waals surface area contributed by atoms with Crippen LogP contribution in [0.15, 0.2) is 40.9 Å². The zero-order valence-corrected chi connectivity index (χ0v) is 13.4. The first-order chi connectivity index (χ1) is 10.1. The predicted octanol–water partition coefficient (Wildman–Crippen LogP) is 3.64. The lowest BCUT2D eigenvalue weighted by molar-refractivity contribution is 0.791. The van der Waals surface area contributed by atoms with E-state index in [2.05, 4.69) is 31.5 Å². The molecule has 0 radical (unpaired) electrons. The monoisotopic (exact) mass is 363 g/mol. The van der Waals surface area contributed by atoms with Crippen LogP contribution in [0, 0.1) is 6.92 Å². The van der Waals surface area contributed by atoms with E-state index >= 15 is 0 Å². The molecule has 0 amide bonds. The van der Waals surface area contributed by atoms with Crippen molar-refractivity contribution in [3.8, 4) is 17.1 Å². The Morgan fingerprint density at radius 1 is 1.19 bits per heavy atom. The van der Waals surface area contributed by atoms with E-state index in [0.717, 1.165) is 21.3 Å². The fourth-order valence-corrected chi connectivity index (χ4v) is 2.75. The second kappa shape index (κ2) is 5.46. The Hall–Kier alpha value is -1.92. The molecule has 106 valence electrons. The van der Waals surface area contributed by atoms with Gasteiger partial charge in [-0.1, -0.05) is 33.6 Å². The zero-order chi connectivity index (χ0) is 15.0. The molecule has 0 aliphatic heterocycles. The molecule has 7 heteroatoms. The van der Waals surface area contributed by atoms with Gasteiger partial charge in [0.2, 0.25) is 0 Å². The van der Waals surface area contributed by atoms with Crippen LogP contribution in [0.25, 0.3) is 17.1 Å². The molecule has 0 aliphatic carbocycles. The number of hydrogen-bond donors (Lipinski definition) is 1. The van der Waals surface area contributed by atoms with E-state index in [1.807, 2.05) is 37.3 Å². The lowest BCUT2D eigenvalue weighted by Crippen LogP contribution is -2.01. The lowest BCUT2D eigenvalue weighted by atomic mass is 10.2. The van der Waals surface area contributed by atoms with E-state index in [1.54, 1.807) is 10.7 Å². The van der Waals surface area contributed by atoms with Crippen molar-refractivity contribution in [1.29, 1.82) is 0 Å². The summed E-state index contributed by atoms with van der Waals surface area (Å²) in [4.78, 5) is 0. The van der Waals surface area contributed by atoms with Gasteiger partial charge in [0.25, 0.3) is 0 Å². The van der Waals surface area contributed by atoms with Crippen molar-refractivity contribution in [1.82, 2.24) is 20.2 Å². The normalized spacial score (nSPS) is 10.8. The molecule has 0 unspecified atom stereocenters. The molecule has 0 aliphatic rings. The second-order valence-electron chi connectivity index (χ2n) is 4.61. The van der Waals surface area contributed by atoms with Gasteiger partial charge in [0.1, 0.15) is 0 Å². The van der Waals surface area contributed by atoms with Gasteiger partial charge in [0.15, 0.2) is 5.82 Å². The van der Waals surface area contributed by atoms with E-state index in [1.165, 1.54) is 0 Å². The Bertz CT molecular complexity index is 815. The van der Waals surface area contributed by atoms with Gasteiger partial charge in [0, 0.05) is 15.7 Å². The van der Waals surface area contributed by atoms with Gasteiger partial charge in [-0.25, -0.2) is 0 Å². The van der Waals surface area contributed by atoms with Crippen molar-refractivity contribution < 1.29 is 0 Å². The maximum absolute atomic E-state index is 6.30. The first kappa shape index (κ1) is 14.0. The first-order valence-electron chi connectivity index (χ1n) is 6.16. The third-order valence-corrected chi connectivity index (χ3v) is 4.03. The zero-order valence-electron chi connectivity index (χ0n) is 11.1. The number of hydrogen-bond acceptors (Lipinski definition) is 4. The van der Waals surface area contributed by atoms with E-state index < -0.39 is 0 Å². The number of benzene rings is 2. The fourth-order valence-electron chi connectivity index (χ4n) is 2.02. The van der Waals surface area contributed by atoms with Gasteiger partial charge in [0.05, 0.1) is 10.7 Å². The van der Waals surface area contributed by atoms with Gasteiger partial charge in [-0.2, -0.15) is 4.68 Å². The van der Waals surface area contributed by atoms with Gasteiger partial charge in [-0.05, 0) is 53.2 Å². The van der Waals surface area contributed by atoms with Crippen LogP contribution in [0.5, 0.6) is 0 Å². The largest absolute Gasteiger partial charge is 0.399 e. The molecule has 1 heterocycles. The van der Waals surface area contributed by atoms with Crippen molar-refractivity contribution in [2.45, 2.75) is 6.92 Å². The van der Waals surface area contributed by atoms with Crippen LogP contribution in [-0.4, -0.2) is 20.2 Å². The van der Waals surface area contributed by atoms with E-state index in [0.29, 0.717) is 16.5 Å². The third-order valence-electron chi connectivity index (χ3n) is 3.03. The molecule has 0 spiro atoms.